The summed E-state index contributed by atoms with van der Waals surface area (Å²) in [5.74, 6) is -0.565. The third-order valence-electron chi connectivity index (χ3n) is 1.96. The SMILES string of the molecule is C=C(COC(=O)Nc1ccccc1)C(=O)OCC. The zero-order valence-electron chi connectivity index (χ0n) is 10.1. The lowest BCUT2D eigenvalue weighted by Gasteiger charge is -2.08. The van der Waals surface area contributed by atoms with E-state index >= 15 is 0 Å². The zero-order chi connectivity index (χ0) is 13.4. The summed E-state index contributed by atoms with van der Waals surface area (Å²) < 4.78 is 9.53. The van der Waals surface area contributed by atoms with Crippen molar-refractivity contribution in [2.75, 3.05) is 18.5 Å². The average Bonchev–Trinajstić information content (AvgIpc) is 2.37. The highest BCUT2D eigenvalue weighted by molar-refractivity contribution is 5.89. The molecule has 0 atom stereocenters. The van der Waals surface area contributed by atoms with Gasteiger partial charge >= 0.3 is 12.1 Å². The van der Waals surface area contributed by atoms with E-state index in [0.29, 0.717) is 5.69 Å². The number of nitrogens with one attached hydrogen (secondary N) is 1. The van der Waals surface area contributed by atoms with Crippen molar-refractivity contribution in [3.8, 4) is 0 Å². The van der Waals surface area contributed by atoms with E-state index in [1.807, 2.05) is 6.07 Å². The highest BCUT2D eigenvalue weighted by Crippen LogP contribution is 2.05. The number of amides is 1. The molecule has 1 aromatic carbocycles. The summed E-state index contributed by atoms with van der Waals surface area (Å²) >= 11 is 0. The maximum atomic E-state index is 11.4. The van der Waals surface area contributed by atoms with Gasteiger partial charge in [0.25, 0.3) is 0 Å². The molecule has 5 nitrogen and oxygen atoms in total. The van der Waals surface area contributed by atoms with E-state index in [0.717, 1.165) is 0 Å². The Kier molecular flexibility index (Phi) is 5.44. The van der Waals surface area contributed by atoms with Crippen LogP contribution in [0.2, 0.25) is 0 Å². The summed E-state index contributed by atoms with van der Waals surface area (Å²) in [6.45, 7) is 5.22. The molecule has 0 aliphatic rings. The van der Waals surface area contributed by atoms with Crippen LogP contribution >= 0.6 is 0 Å². The summed E-state index contributed by atoms with van der Waals surface area (Å²) in [6, 6.07) is 8.85. The molecule has 1 amide bonds. The van der Waals surface area contributed by atoms with Gasteiger partial charge in [0, 0.05) is 5.69 Å². The lowest BCUT2D eigenvalue weighted by Crippen LogP contribution is -2.18. The number of carbonyl (C=O) groups excluding carboxylic acids is 2. The largest absolute Gasteiger partial charge is 0.463 e. The van der Waals surface area contributed by atoms with Gasteiger partial charge in [-0.15, -0.1) is 0 Å². The number of hydrogen-bond donors (Lipinski definition) is 1. The third-order valence-corrected chi connectivity index (χ3v) is 1.96. The number of rotatable bonds is 5. The highest BCUT2D eigenvalue weighted by atomic mass is 16.6. The molecule has 0 aliphatic heterocycles. The Labute approximate surface area is 105 Å². The smallest absolute Gasteiger partial charge is 0.411 e. The fraction of sp³-hybridized carbons (Fsp3) is 0.231. The molecule has 18 heavy (non-hydrogen) atoms. The van der Waals surface area contributed by atoms with E-state index in [9.17, 15) is 9.59 Å². The van der Waals surface area contributed by atoms with Gasteiger partial charge in [-0.25, -0.2) is 9.59 Å². The van der Waals surface area contributed by atoms with Gasteiger partial charge in [-0.2, -0.15) is 0 Å². The normalized spacial score (nSPS) is 9.39. The van der Waals surface area contributed by atoms with E-state index in [4.69, 9.17) is 9.47 Å². The van der Waals surface area contributed by atoms with Crippen LogP contribution in [0.25, 0.3) is 0 Å². The molecule has 0 fully saturated rings. The number of esters is 1. The average molecular weight is 249 g/mol. The van der Waals surface area contributed by atoms with E-state index < -0.39 is 12.1 Å². The molecule has 5 heteroatoms. The number of ether oxygens (including phenoxy) is 2. The van der Waals surface area contributed by atoms with Gasteiger partial charge in [-0.1, -0.05) is 24.8 Å². The Bertz CT molecular complexity index is 428. The van der Waals surface area contributed by atoms with E-state index in [1.54, 1.807) is 31.2 Å². The number of carbonyl (C=O) groups is 2. The van der Waals surface area contributed by atoms with Gasteiger partial charge < -0.3 is 9.47 Å². The maximum absolute atomic E-state index is 11.4. The van der Waals surface area contributed by atoms with Crippen molar-refractivity contribution in [2.24, 2.45) is 0 Å². The number of para-hydroxylation sites is 1. The molecule has 0 aromatic heterocycles. The molecule has 0 unspecified atom stereocenters. The zero-order valence-corrected chi connectivity index (χ0v) is 10.1. The quantitative estimate of drug-likeness (QED) is 0.642. The molecule has 1 aromatic rings. The van der Waals surface area contributed by atoms with Gasteiger partial charge in [0.15, 0.2) is 0 Å². The van der Waals surface area contributed by atoms with Crippen molar-refractivity contribution in [1.29, 1.82) is 0 Å². The summed E-state index contributed by atoms with van der Waals surface area (Å²) in [5.41, 5.74) is 0.712. The standard InChI is InChI=1S/C13H15NO4/c1-3-17-12(15)10(2)9-18-13(16)14-11-7-5-4-6-8-11/h4-8H,2-3,9H2,1H3,(H,14,16). The highest BCUT2D eigenvalue weighted by Gasteiger charge is 2.10. The van der Waals surface area contributed by atoms with Crippen LogP contribution in [0.4, 0.5) is 10.5 Å². The van der Waals surface area contributed by atoms with Crippen molar-refractivity contribution in [2.45, 2.75) is 6.92 Å². The first kappa shape index (κ1) is 13.8. The van der Waals surface area contributed by atoms with Crippen molar-refractivity contribution >= 4 is 17.7 Å². The topological polar surface area (TPSA) is 64.6 Å². The summed E-state index contributed by atoms with van der Waals surface area (Å²) in [7, 11) is 0. The monoisotopic (exact) mass is 249 g/mol. The molecule has 96 valence electrons. The molecule has 0 saturated carbocycles. The van der Waals surface area contributed by atoms with Gasteiger partial charge in [0.05, 0.1) is 12.2 Å². The minimum Gasteiger partial charge on any atom is -0.463 e. The summed E-state index contributed by atoms with van der Waals surface area (Å²) in [6.07, 6.45) is -0.647. The second-order valence-corrected chi connectivity index (χ2v) is 3.39. The molecule has 0 spiro atoms. The molecule has 1 N–H and O–H groups in total. The van der Waals surface area contributed by atoms with Gasteiger partial charge in [-0.05, 0) is 19.1 Å². The minimum absolute atomic E-state index is 0.0973. The molecule has 0 heterocycles. The number of hydrogen-bond acceptors (Lipinski definition) is 4. The van der Waals surface area contributed by atoms with Crippen LogP contribution in [0.5, 0.6) is 0 Å². The molecule has 0 saturated heterocycles. The minimum atomic E-state index is -0.647. The third kappa shape index (κ3) is 4.69. The molecule has 1 rings (SSSR count). The van der Waals surface area contributed by atoms with Crippen LogP contribution in [0, 0.1) is 0 Å². The Balaban J connectivity index is 2.33. The van der Waals surface area contributed by atoms with Crippen LogP contribution < -0.4 is 5.32 Å². The van der Waals surface area contributed by atoms with Crippen molar-refractivity contribution in [3.05, 3.63) is 42.5 Å². The van der Waals surface area contributed by atoms with E-state index in [2.05, 4.69) is 11.9 Å². The van der Waals surface area contributed by atoms with Gasteiger partial charge in [0.1, 0.15) is 6.61 Å². The molecular formula is C13H15NO4. The van der Waals surface area contributed by atoms with Crippen molar-refractivity contribution in [3.63, 3.8) is 0 Å². The van der Waals surface area contributed by atoms with Crippen LogP contribution in [0.1, 0.15) is 6.92 Å². The van der Waals surface area contributed by atoms with Crippen LogP contribution in [0.3, 0.4) is 0 Å². The Morgan fingerprint density at radius 1 is 1.22 bits per heavy atom. The summed E-state index contributed by atoms with van der Waals surface area (Å²) in [5, 5.41) is 2.51. The van der Waals surface area contributed by atoms with Crippen molar-refractivity contribution in [1.82, 2.24) is 0 Å². The predicted octanol–water partition coefficient (Wildman–Crippen LogP) is 2.35. The van der Waals surface area contributed by atoms with E-state index in [-0.39, 0.29) is 18.8 Å². The van der Waals surface area contributed by atoms with Gasteiger partial charge in [0.2, 0.25) is 0 Å². The fourth-order valence-corrected chi connectivity index (χ4v) is 1.12. The maximum Gasteiger partial charge on any atom is 0.411 e. The lowest BCUT2D eigenvalue weighted by molar-refractivity contribution is -0.138. The molecular weight excluding hydrogens is 234 g/mol. The number of anilines is 1. The Hall–Kier alpha value is -2.30. The van der Waals surface area contributed by atoms with E-state index in [1.165, 1.54) is 0 Å². The van der Waals surface area contributed by atoms with Crippen LogP contribution in [-0.2, 0) is 14.3 Å². The van der Waals surface area contributed by atoms with Gasteiger partial charge in [-0.3, -0.25) is 5.32 Å². The lowest BCUT2D eigenvalue weighted by atomic mass is 10.3. The molecule has 0 bridgehead atoms. The van der Waals surface area contributed by atoms with Crippen LogP contribution in [-0.4, -0.2) is 25.3 Å². The Morgan fingerprint density at radius 3 is 2.50 bits per heavy atom. The first-order valence-electron chi connectivity index (χ1n) is 5.47. The second kappa shape index (κ2) is 7.11. The number of benzene rings is 1. The first-order chi connectivity index (χ1) is 8.63. The predicted molar refractivity (Wildman–Crippen MR) is 67.2 cm³/mol. The first-order valence-corrected chi connectivity index (χ1v) is 5.47. The second-order valence-electron chi connectivity index (χ2n) is 3.39. The van der Waals surface area contributed by atoms with Crippen LogP contribution in [0.15, 0.2) is 42.5 Å². The summed E-state index contributed by atoms with van der Waals surface area (Å²) in [4.78, 5) is 22.6. The van der Waals surface area contributed by atoms with Crippen molar-refractivity contribution < 1.29 is 19.1 Å². The fourth-order valence-electron chi connectivity index (χ4n) is 1.12. The molecule has 0 radical (unpaired) electrons. The molecule has 0 aliphatic carbocycles. The Morgan fingerprint density at radius 2 is 1.89 bits per heavy atom.